The predicted octanol–water partition coefficient (Wildman–Crippen LogP) is -1.63. The summed E-state index contributed by atoms with van der Waals surface area (Å²) in [7, 11) is 1.65. The van der Waals surface area contributed by atoms with Crippen molar-refractivity contribution in [3.63, 3.8) is 0 Å². The molecule has 0 aromatic rings. The Balaban J connectivity index is 1.78. The lowest BCUT2D eigenvalue weighted by atomic mass is 10.1. The van der Waals surface area contributed by atoms with Crippen LogP contribution in [0, 0.1) is 0 Å². The minimum atomic E-state index is -0.194. The van der Waals surface area contributed by atoms with Crippen LogP contribution in [0.4, 0.5) is 0 Å². The number of amides is 2. The molecule has 0 aliphatic carbocycles. The zero-order chi connectivity index (χ0) is 11.5. The maximum Gasteiger partial charge on any atom is 0.237 e. The summed E-state index contributed by atoms with van der Waals surface area (Å²) in [6.07, 6.45) is 1.18. The van der Waals surface area contributed by atoms with Crippen molar-refractivity contribution in [2.45, 2.75) is 31.0 Å². The van der Waals surface area contributed by atoms with Crippen LogP contribution in [0.15, 0.2) is 0 Å². The molecule has 2 heterocycles. The van der Waals surface area contributed by atoms with Crippen molar-refractivity contribution >= 4 is 11.8 Å². The van der Waals surface area contributed by atoms with Crippen LogP contribution in [0.3, 0.4) is 0 Å². The van der Waals surface area contributed by atoms with Crippen LogP contribution in [0.25, 0.3) is 0 Å². The molecule has 3 unspecified atom stereocenters. The number of hydrogen-bond donors (Lipinski definition) is 3. The fraction of sp³-hybridized carbons (Fsp3) is 0.800. The van der Waals surface area contributed by atoms with E-state index in [0.29, 0.717) is 25.9 Å². The largest absolute Gasteiger partial charge is 0.380 e. The van der Waals surface area contributed by atoms with E-state index < -0.39 is 0 Å². The molecule has 90 valence electrons. The smallest absolute Gasteiger partial charge is 0.237 e. The molecular formula is C10H17N3O3. The van der Waals surface area contributed by atoms with Crippen molar-refractivity contribution in [2.24, 2.45) is 0 Å². The normalized spacial score (nSPS) is 33.8. The van der Waals surface area contributed by atoms with Crippen LogP contribution in [0.1, 0.15) is 12.8 Å². The summed E-state index contributed by atoms with van der Waals surface area (Å²) in [5.74, 6) is -0.0412. The number of ether oxygens (including phenoxy) is 1. The molecule has 2 aliphatic heterocycles. The quantitative estimate of drug-likeness (QED) is 0.541. The van der Waals surface area contributed by atoms with Crippen LogP contribution >= 0.6 is 0 Å². The summed E-state index contributed by atoms with van der Waals surface area (Å²) in [5.41, 5.74) is 0. The highest BCUT2D eigenvalue weighted by Gasteiger charge is 2.31. The second-order valence-electron chi connectivity index (χ2n) is 4.27. The molecule has 3 atom stereocenters. The van der Waals surface area contributed by atoms with Gasteiger partial charge in [-0.2, -0.15) is 0 Å². The molecule has 6 heteroatoms. The van der Waals surface area contributed by atoms with Crippen LogP contribution in [0.2, 0.25) is 0 Å². The molecule has 0 spiro atoms. The number of carbonyl (C=O) groups excluding carboxylic acids is 2. The lowest BCUT2D eigenvalue weighted by Crippen LogP contribution is -2.45. The van der Waals surface area contributed by atoms with Gasteiger partial charge in [-0.25, -0.2) is 0 Å². The first-order chi connectivity index (χ1) is 7.69. The SMILES string of the molecule is COC1CNC(C(=O)NC2CNC(=O)C2)C1. The Morgan fingerprint density at radius 2 is 2.31 bits per heavy atom. The maximum atomic E-state index is 11.8. The minimum Gasteiger partial charge on any atom is -0.380 e. The predicted molar refractivity (Wildman–Crippen MR) is 56.8 cm³/mol. The van der Waals surface area contributed by atoms with Gasteiger partial charge in [-0.15, -0.1) is 0 Å². The van der Waals surface area contributed by atoms with Crippen LogP contribution < -0.4 is 16.0 Å². The molecule has 2 fully saturated rings. The van der Waals surface area contributed by atoms with Gasteiger partial charge in [0.05, 0.1) is 18.2 Å². The van der Waals surface area contributed by atoms with E-state index in [0.717, 1.165) is 0 Å². The maximum absolute atomic E-state index is 11.8. The topological polar surface area (TPSA) is 79.5 Å². The standard InChI is InChI=1S/C10H17N3O3/c1-16-7-3-8(11-5-7)10(15)13-6-2-9(14)12-4-6/h6-8,11H,2-5H2,1H3,(H,12,14)(H,13,15). The van der Waals surface area contributed by atoms with Gasteiger partial charge in [0.25, 0.3) is 0 Å². The molecule has 16 heavy (non-hydrogen) atoms. The summed E-state index contributed by atoms with van der Waals surface area (Å²) >= 11 is 0. The van der Waals surface area contributed by atoms with Gasteiger partial charge >= 0.3 is 0 Å². The molecule has 2 aliphatic rings. The molecule has 2 saturated heterocycles. The molecular weight excluding hydrogens is 210 g/mol. The Hall–Kier alpha value is -1.14. The number of hydrogen-bond acceptors (Lipinski definition) is 4. The van der Waals surface area contributed by atoms with Crippen molar-refractivity contribution in [3.8, 4) is 0 Å². The van der Waals surface area contributed by atoms with Crippen LogP contribution in [-0.2, 0) is 14.3 Å². The highest BCUT2D eigenvalue weighted by Crippen LogP contribution is 2.10. The summed E-state index contributed by atoms with van der Waals surface area (Å²) in [6.45, 7) is 1.24. The summed E-state index contributed by atoms with van der Waals surface area (Å²) in [4.78, 5) is 22.8. The van der Waals surface area contributed by atoms with E-state index in [1.54, 1.807) is 7.11 Å². The third-order valence-electron chi connectivity index (χ3n) is 3.06. The number of nitrogens with one attached hydrogen (secondary N) is 3. The van der Waals surface area contributed by atoms with E-state index in [1.807, 2.05) is 0 Å². The van der Waals surface area contributed by atoms with E-state index in [9.17, 15) is 9.59 Å². The third kappa shape index (κ3) is 2.51. The first-order valence-electron chi connectivity index (χ1n) is 5.52. The van der Waals surface area contributed by atoms with Crippen LogP contribution in [-0.4, -0.2) is 50.2 Å². The van der Waals surface area contributed by atoms with Crippen molar-refractivity contribution < 1.29 is 14.3 Å². The summed E-state index contributed by atoms with van der Waals surface area (Å²) in [5, 5.41) is 8.64. The van der Waals surface area contributed by atoms with Crippen LogP contribution in [0.5, 0.6) is 0 Å². The summed E-state index contributed by atoms with van der Waals surface area (Å²) < 4.78 is 5.17. The minimum absolute atomic E-state index is 0.000510. The van der Waals surface area contributed by atoms with E-state index in [4.69, 9.17) is 4.74 Å². The average molecular weight is 227 g/mol. The first-order valence-corrected chi connectivity index (χ1v) is 5.52. The van der Waals surface area contributed by atoms with Crippen molar-refractivity contribution in [3.05, 3.63) is 0 Å². The molecule has 2 rings (SSSR count). The molecule has 0 bridgehead atoms. The lowest BCUT2D eigenvalue weighted by Gasteiger charge is -2.14. The monoisotopic (exact) mass is 227 g/mol. The van der Waals surface area contributed by atoms with Gasteiger partial charge in [-0.1, -0.05) is 0 Å². The van der Waals surface area contributed by atoms with E-state index in [-0.39, 0.29) is 30.0 Å². The van der Waals surface area contributed by atoms with Crippen molar-refractivity contribution in [1.29, 1.82) is 0 Å². The summed E-state index contributed by atoms with van der Waals surface area (Å²) in [6, 6.07) is -0.260. The third-order valence-corrected chi connectivity index (χ3v) is 3.06. The Morgan fingerprint density at radius 3 is 2.88 bits per heavy atom. The fourth-order valence-corrected chi connectivity index (χ4v) is 2.09. The van der Waals surface area contributed by atoms with Gasteiger partial charge in [-0.3, -0.25) is 9.59 Å². The Labute approximate surface area is 94.1 Å². The van der Waals surface area contributed by atoms with Gasteiger partial charge in [0, 0.05) is 26.6 Å². The number of carbonyl (C=O) groups is 2. The van der Waals surface area contributed by atoms with Gasteiger partial charge in [0.2, 0.25) is 11.8 Å². The van der Waals surface area contributed by atoms with Gasteiger partial charge < -0.3 is 20.7 Å². The Bertz CT molecular complexity index is 295. The van der Waals surface area contributed by atoms with Gasteiger partial charge in [0.15, 0.2) is 0 Å². The fourth-order valence-electron chi connectivity index (χ4n) is 2.09. The zero-order valence-electron chi connectivity index (χ0n) is 9.29. The highest BCUT2D eigenvalue weighted by molar-refractivity contribution is 5.85. The van der Waals surface area contributed by atoms with Crippen molar-refractivity contribution in [2.75, 3.05) is 20.2 Å². The second kappa shape index (κ2) is 4.80. The van der Waals surface area contributed by atoms with E-state index >= 15 is 0 Å². The Morgan fingerprint density at radius 1 is 1.50 bits per heavy atom. The molecule has 2 amide bonds. The highest BCUT2D eigenvalue weighted by atomic mass is 16.5. The first kappa shape index (κ1) is 11.3. The van der Waals surface area contributed by atoms with E-state index in [1.165, 1.54) is 0 Å². The number of rotatable bonds is 3. The lowest BCUT2D eigenvalue weighted by molar-refractivity contribution is -0.123. The Kier molecular flexibility index (Phi) is 3.40. The zero-order valence-corrected chi connectivity index (χ0v) is 9.29. The van der Waals surface area contributed by atoms with Crippen molar-refractivity contribution in [1.82, 2.24) is 16.0 Å². The van der Waals surface area contributed by atoms with Gasteiger partial charge in [-0.05, 0) is 6.42 Å². The molecule has 3 N–H and O–H groups in total. The molecule has 0 aromatic heterocycles. The van der Waals surface area contributed by atoms with Gasteiger partial charge in [0.1, 0.15) is 0 Å². The molecule has 0 radical (unpaired) electrons. The molecule has 0 saturated carbocycles. The average Bonchev–Trinajstić information content (AvgIpc) is 2.87. The number of methoxy groups -OCH3 is 1. The second-order valence-corrected chi connectivity index (χ2v) is 4.27. The molecule has 6 nitrogen and oxygen atoms in total. The van der Waals surface area contributed by atoms with E-state index in [2.05, 4.69) is 16.0 Å². The molecule has 0 aromatic carbocycles.